The lowest BCUT2D eigenvalue weighted by Crippen LogP contribution is -2.33. The molecule has 0 aliphatic carbocycles. The Morgan fingerprint density at radius 2 is 1.55 bits per heavy atom. The van der Waals surface area contributed by atoms with Crippen molar-refractivity contribution in [3.8, 4) is 0 Å². The van der Waals surface area contributed by atoms with Crippen LogP contribution in [0.5, 0.6) is 0 Å². The lowest BCUT2D eigenvalue weighted by atomic mass is 9.90. The number of benzene rings is 2. The minimum absolute atomic E-state index is 0.823. The van der Waals surface area contributed by atoms with E-state index >= 15 is 0 Å². The summed E-state index contributed by atoms with van der Waals surface area (Å²) in [6.45, 7) is 3.51. The normalized spacial score (nSPS) is 16.8. The molecule has 0 atom stereocenters. The maximum Gasteiger partial charge on any atom is 0.0406 e. The first-order valence-corrected chi connectivity index (χ1v) is 8.68. The highest BCUT2D eigenvalue weighted by Gasteiger charge is 2.19. The Balaban J connectivity index is 1.41. The molecular weight excluding hydrogens is 290 g/mol. The van der Waals surface area contributed by atoms with E-state index in [1.54, 1.807) is 0 Å². The van der Waals surface area contributed by atoms with Crippen LogP contribution in [0.15, 0.2) is 54.6 Å². The molecule has 2 aromatic rings. The van der Waals surface area contributed by atoms with Crippen molar-refractivity contribution < 1.29 is 0 Å². The van der Waals surface area contributed by atoms with E-state index < -0.39 is 0 Å². The number of nitrogens with zero attached hydrogens (tertiary/aromatic N) is 1. The van der Waals surface area contributed by atoms with E-state index in [0.29, 0.717) is 0 Å². The zero-order valence-electron chi connectivity index (χ0n) is 13.0. The SMILES string of the molecule is Clc1ccc(CN2CCC(CCc3ccccc3)CC2)cc1. The highest BCUT2D eigenvalue weighted by atomic mass is 35.5. The molecule has 1 heterocycles. The highest BCUT2D eigenvalue weighted by Crippen LogP contribution is 2.23. The van der Waals surface area contributed by atoms with Gasteiger partial charge in [0, 0.05) is 11.6 Å². The summed E-state index contributed by atoms with van der Waals surface area (Å²) >= 11 is 5.95. The Morgan fingerprint density at radius 3 is 2.23 bits per heavy atom. The molecule has 0 amide bonds. The lowest BCUT2D eigenvalue weighted by Gasteiger charge is -2.32. The van der Waals surface area contributed by atoms with Crippen LogP contribution in [0.25, 0.3) is 0 Å². The first-order valence-electron chi connectivity index (χ1n) is 8.30. The number of halogens is 1. The minimum atomic E-state index is 0.823. The van der Waals surface area contributed by atoms with Crippen molar-refractivity contribution in [2.24, 2.45) is 5.92 Å². The molecule has 1 fully saturated rings. The summed E-state index contributed by atoms with van der Waals surface area (Å²) in [5, 5.41) is 0.823. The fourth-order valence-electron chi connectivity index (χ4n) is 3.30. The first kappa shape index (κ1) is 15.6. The van der Waals surface area contributed by atoms with E-state index in [2.05, 4.69) is 47.4 Å². The van der Waals surface area contributed by atoms with Gasteiger partial charge in [0.15, 0.2) is 0 Å². The van der Waals surface area contributed by atoms with Crippen molar-refractivity contribution in [1.82, 2.24) is 4.90 Å². The van der Waals surface area contributed by atoms with Crippen molar-refractivity contribution in [3.05, 3.63) is 70.7 Å². The van der Waals surface area contributed by atoms with E-state index in [4.69, 9.17) is 11.6 Å². The van der Waals surface area contributed by atoms with Gasteiger partial charge in [-0.2, -0.15) is 0 Å². The Morgan fingerprint density at radius 1 is 0.864 bits per heavy atom. The van der Waals surface area contributed by atoms with Crippen molar-refractivity contribution in [1.29, 1.82) is 0 Å². The number of hydrogen-bond donors (Lipinski definition) is 0. The second kappa shape index (κ2) is 7.80. The van der Waals surface area contributed by atoms with Crippen molar-refractivity contribution in [3.63, 3.8) is 0 Å². The Hall–Kier alpha value is -1.31. The Kier molecular flexibility index (Phi) is 5.53. The van der Waals surface area contributed by atoms with Crippen LogP contribution in [-0.4, -0.2) is 18.0 Å². The Labute approximate surface area is 138 Å². The molecule has 2 heteroatoms. The van der Waals surface area contributed by atoms with Crippen LogP contribution in [0, 0.1) is 5.92 Å². The summed E-state index contributed by atoms with van der Waals surface area (Å²) in [6, 6.07) is 19.1. The van der Waals surface area contributed by atoms with Crippen molar-refractivity contribution >= 4 is 11.6 Å². The predicted octanol–water partition coefficient (Wildman–Crippen LogP) is 5.18. The predicted molar refractivity (Wildman–Crippen MR) is 94.2 cm³/mol. The number of likely N-dealkylation sites (tertiary alicyclic amines) is 1. The molecule has 2 aromatic carbocycles. The maximum absolute atomic E-state index is 5.95. The molecular formula is C20H24ClN. The zero-order valence-corrected chi connectivity index (χ0v) is 13.8. The van der Waals surface area contributed by atoms with Gasteiger partial charge in [-0.05, 0) is 68.0 Å². The van der Waals surface area contributed by atoms with E-state index in [1.165, 1.54) is 49.9 Å². The topological polar surface area (TPSA) is 3.24 Å². The van der Waals surface area contributed by atoms with E-state index in [0.717, 1.165) is 17.5 Å². The van der Waals surface area contributed by atoms with Gasteiger partial charge in [0.25, 0.3) is 0 Å². The van der Waals surface area contributed by atoms with Crippen LogP contribution in [0.2, 0.25) is 5.02 Å². The smallest absolute Gasteiger partial charge is 0.0406 e. The van der Waals surface area contributed by atoms with Gasteiger partial charge >= 0.3 is 0 Å². The Bertz CT molecular complexity index is 556. The van der Waals surface area contributed by atoms with Gasteiger partial charge in [0.1, 0.15) is 0 Å². The molecule has 0 radical (unpaired) electrons. The van der Waals surface area contributed by atoms with Crippen LogP contribution in [0.4, 0.5) is 0 Å². The molecule has 1 aliphatic heterocycles. The molecule has 22 heavy (non-hydrogen) atoms. The third kappa shape index (κ3) is 4.59. The lowest BCUT2D eigenvalue weighted by molar-refractivity contribution is 0.172. The summed E-state index contributed by atoms with van der Waals surface area (Å²) in [5.74, 6) is 0.890. The van der Waals surface area contributed by atoms with Crippen molar-refractivity contribution in [2.45, 2.75) is 32.2 Å². The van der Waals surface area contributed by atoms with Crippen molar-refractivity contribution in [2.75, 3.05) is 13.1 Å². The maximum atomic E-state index is 5.95. The summed E-state index contributed by atoms with van der Waals surface area (Å²) < 4.78 is 0. The number of aryl methyl sites for hydroxylation is 1. The largest absolute Gasteiger partial charge is 0.299 e. The molecule has 1 aliphatic rings. The van der Waals surface area contributed by atoms with Gasteiger partial charge in [-0.1, -0.05) is 54.1 Å². The van der Waals surface area contributed by atoms with Crippen LogP contribution < -0.4 is 0 Å². The molecule has 116 valence electrons. The van der Waals surface area contributed by atoms with Gasteiger partial charge in [-0.3, -0.25) is 4.90 Å². The number of rotatable bonds is 5. The van der Waals surface area contributed by atoms with Gasteiger partial charge in [0.05, 0.1) is 0 Å². The molecule has 1 nitrogen and oxygen atoms in total. The summed E-state index contributed by atoms with van der Waals surface area (Å²) in [4.78, 5) is 2.57. The van der Waals surface area contributed by atoms with Crippen LogP contribution >= 0.6 is 11.6 Å². The first-order chi connectivity index (χ1) is 10.8. The highest BCUT2D eigenvalue weighted by molar-refractivity contribution is 6.30. The average molecular weight is 314 g/mol. The quantitative estimate of drug-likeness (QED) is 0.734. The summed E-state index contributed by atoms with van der Waals surface area (Å²) in [5.41, 5.74) is 2.85. The van der Waals surface area contributed by atoms with E-state index in [9.17, 15) is 0 Å². The monoisotopic (exact) mass is 313 g/mol. The number of hydrogen-bond acceptors (Lipinski definition) is 1. The fraction of sp³-hybridized carbons (Fsp3) is 0.400. The molecule has 0 unspecified atom stereocenters. The van der Waals surface area contributed by atoms with Gasteiger partial charge in [-0.15, -0.1) is 0 Å². The third-order valence-corrected chi connectivity index (χ3v) is 4.96. The number of piperidine rings is 1. The summed E-state index contributed by atoms with van der Waals surface area (Å²) in [6.07, 6.45) is 5.22. The van der Waals surface area contributed by atoms with E-state index in [1.807, 2.05) is 12.1 Å². The fourth-order valence-corrected chi connectivity index (χ4v) is 3.42. The van der Waals surface area contributed by atoms with Crippen LogP contribution in [0.1, 0.15) is 30.4 Å². The molecule has 3 rings (SSSR count). The standard InChI is InChI=1S/C20H24ClN/c21-20-10-8-19(9-11-20)16-22-14-12-18(13-15-22)7-6-17-4-2-1-3-5-17/h1-5,8-11,18H,6-7,12-16H2. The molecule has 0 bridgehead atoms. The average Bonchev–Trinajstić information content (AvgIpc) is 2.57. The molecule has 0 saturated carbocycles. The van der Waals surface area contributed by atoms with Crippen LogP contribution in [0.3, 0.4) is 0 Å². The molecule has 0 aromatic heterocycles. The second-order valence-corrected chi connectivity index (χ2v) is 6.81. The summed E-state index contributed by atoms with van der Waals surface area (Å²) in [7, 11) is 0. The third-order valence-electron chi connectivity index (χ3n) is 4.71. The van der Waals surface area contributed by atoms with E-state index in [-0.39, 0.29) is 0 Å². The van der Waals surface area contributed by atoms with Gasteiger partial charge < -0.3 is 0 Å². The van der Waals surface area contributed by atoms with Gasteiger partial charge in [0.2, 0.25) is 0 Å². The minimum Gasteiger partial charge on any atom is -0.299 e. The van der Waals surface area contributed by atoms with Crippen LogP contribution in [-0.2, 0) is 13.0 Å². The second-order valence-electron chi connectivity index (χ2n) is 6.37. The molecule has 0 spiro atoms. The zero-order chi connectivity index (χ0) is 15.2. The van der Waals surface area contributed by atoms with Gasteiger partial charge in [-0.25, -0.2) is 0 Å². The molecule has 1 saturated heterocycles. The molecule has 0 N–H and O–H groups in total.